The number of hydroxylamine groups is 1. The van der Waals surface area contributed by atoms with Crippen LogP contribution in [0.15, 0.2) is 85.2 Å². The molecule has 0 bridgehead atoms. The molecular weight excluding hydrogens is 370 g/mol. The fourth-order valence-corrected chi connectivity index (χ4v) is 2.87. The Morgan fingerprint density at radius 3 is 2.28 bits per heavy atom. The molecule has 4 aromatic rings. The molecule has 1 aromatic heterocycles. The van der Waals surface area contributed by atoms with Crippen LogP contribution in [-0.4, -0.2) is 32.1 Å². The summed E-state index contributed by atoms with van der Waals surface area (Å²) < 4.78 is 1.40. The maximum Gasteiger partial charge on any atom is 0.362 e. The third-order valence-electron chi connectivity index (χ3n) is 4.19. The van der Waals surface area contributed by atoms with Gasteiger partial charge in [-0.3, -0.25) is 4.79 Å². The van der Waals surface area contributed by atoms with Gasteiger partial charge in [0.05, 0.1) is 16.8 Å². The molecule has 0 saturated heterocycles. The van der Waals surface area contributed by atoms with Crippen LogP contribution in [-0.2, 0) is 4.84 Å². The van der Waals surface area contributed by atoms with Crippen molar-refractivity contribution in [2.24, 2.45) is 0 Å². The average molecular weight is 385 g/mol. The van der Waals surface area contributed by atoms with Gasteiger partial charge in [-0.2, -0.15) is 10.2 Å². The number of nitrogens with one attached hydrogen (secondary N) is 1. The van der Waals surface area contributed by atoms with Gasteiger partial charge in [0.25, 0.3) is 5.91 Å². The molecule has 0 fully saturated rings. The average Bonchev–Trinajstić information content (AvgIpc) is 3.32. The Kier molecular flexibility index (Phi) is 5.06. The first-order valence-electron chi connectivity index (χ1n) is 8.72. The summed E-state index contributed by atoms with van der Waals surface area (Å²) in [5.41, 5.74) is 4.89. The highest BCUT2D eigenvalue weighted by atomic mass is 16.7. The first-order valence-corrected chi connectivity index (χ1v) is 8.72. The molecule has 1 heterocycles. The summed E-state index contributed by atoms with van der Waals surface area (Å²) >= 11 is 0. The zero-order valence-electron chi connectivity index (χ0n) is 15.1. The molecule has 0 atom stereocenters. The Hall–Kier alpha value is -4.33. The quantitative estimate of drug-likeness (QED) is 0.543. The molecule has 0 aliphatic rings. The fraction of sp³-hybridized carbons (Fsp3) is 0. The van der Waals surface area contributed by atoms with E-state index < -0.39 is 11.9 Å². The van der Waals surface area contributed by atoms with E-state index in [9.17, 15) is 9.59 Å². The highest BCUT2D eigenvalue weighted by Gasteiger charge is 2.20. The lowest BCUT2D eigenvalue weighted by molar-refractivity contribution is 0.0230. The molecule has 142 valence electrons. The van der Waals surface area contributed by atoms with Crippen LogP contribution in [0.3, 0.4) is 0 Å². The Morgan fingerprint density at radius 2 is 1.59 bits per heavy atom. The minimum absolute atomic E-state index is 0.250. The fourth-order valence-electron chi connectivity index (χ4n) is 2.87. The summed E-state index contributed by atoms with van der Waals surface area (Å²) in [7, 11) is 0. The van der Waals surface area contributed by atoms with E-state index in [-0.39, 0.29) is 5.56 Å². The summed E-state index contributed by atoms with van der Waals surface area (Å²) in [5, 5.41) is 11.3. The summed E-state index contributed by atoms with van der Waals surface area (Å²) in [6.07, 6.45) is 1.40. The maximum absolute atomic E-state index is 12.8. The van der Waals surface area contributed by atoms with Crippen molar-refractivity contribution in [3.05, 3.63) is 96.3 Å². The number of rotatable bonds is 4. The molecule has 29 heavy (non-hydrogen) atoms. The van der Waals surface area contributed by atoms with E-state index in [1.807, 2.05) is 36.4 Å². The van der Waals surface area contributed by atoms with E-state index in [1.54, 1.807) is 42.5 Å². The van der Waals surface area contributed by atoms with E-state index >= 15 is 0 Å². The second kappa shape index (κ2) is 8.13. The van der Waals surface area contributed by atoms with Gasteiger partial charge in [-0.15, -0.1) is 5.10 Å². The largest absolute Gasteiger partial charge is 0.362 e. The van der Waals surface area contributed by atoms with Gasteiger partial charge in [0.1, 0.15) is 6.33 Å². The number of benzene rings is 3. The van der Waals surface area contributed by atoms with Crippen molar-refractivity contribution in [1.82, 2.24) is 25.7 Å². The van der Waals surface area contributed by atoms with Crippen LogP contribution >= 0.6 is 0 Å². The molecule has 4 rings (SSSR count). The van der Waals surface area contributed by atoms with Crippen LogP contribution in [0.1, 0.15) is 20.7 Å². The number of tetrazole rings is 1. The molecule has 0 unspecified atom stereocenters. The molecule has 0 saturated carbocycles. The van der Waals surface area contributed by atoms with Crippen molar-refractivity contribution in [2.45, 2.75) is 0 Å². The van der Waals surface area contributed by atoms with Crippen LogP contribution in [0.5, 0.6) is 0 Å². The number of amides is 1. The second-order valence-corrected chi connectivity index (χ2v) is 6.01. The predicted molar refractivity (Wildman–Crippen MR) is 104 cm³/mol. The minimum atomic E-state index is -0.665. The highest BCUT2D eigenvalue weighted by molar-refractivity contribution is 6.01. The van der Waals surface area contributed by atoms with Gasteiger partial charge in [0.15, 0.2) is 0 Å². The molecule has 3 aromatic carbocycles. The van der Waals surface area contributed by atoms with Crippen molar-refractivity contribution in [3.8, 4) is 16.8 Å². The molecule has 0 spiro atoms. The van der Waals surface area contributed by atoms with Gasteiger partial charge >= 0.3 is 5.97 Å². The van der Waals surface area contributed by atoms with Crippen LogP contribution in [0, 0.1) is 0 Å². The number of para-hydroxylation sites is 1. The Bertz CT molecular complexity index is 1130. The number of carbonyl (C=O) groups is 2. The summed E-state index contributed by atoms with van der Waals surface area (Å²) in [5.74, 6) is -1.26. The van der Waals surface area contributed by atoms with Gasteiger partial charge in [0.2, 0.25) is 0 Å². The van der Waals surface area contributed by atoms with Gasteiger partial charge in [-0.1, -0.05) is 60.7 Å². The number of carbonyl (C=O) groups excluding carboxylic acids is 2. The van der Waals surface area contributed by atoms with Crippen molar-refractivity contribution in [1.29, 1.82) is 0 Å². The number of nitrogens with zero attached hydrogens (tertiary/aromatic N) is 4. The first-order chi connectivity index (χ1) is 14.2. The lowest BCUT2D eigenvalue weighted by Crippen LogP contribution is -2.28. The molecule has 8 nitrogen and oxygen atoms in total. The Labute approximate surface area is 165 Å². The third-order valence-corrected chi connectivity index (χ3v) is 4.19. The summed E-state index contributed by atoms with van der Waals surface area (Å²) in [6, 6.07) is 23.1. The SMILES string of the molecule is O=C(ONC(=O)c1cccc(-c2ccccc2)c1-n1cnnn1)c1ccccc1. The zero-order chi connectivity index (χ0) is 20.1. The first kappa shape index (κ1) is 18.1. The van der Waals surface area contributed by atoms with Crippen molar-refractivity contribution in [3.63, 3.8) is 0 Å². The van der Waals surface area contributed by atoms with Gasteiger partial charge in [-0.05, 0) is 34.2 Å². The van der Waals surface area contributed by atoms with Crippen molar-refractivity contribution >= 4 is 11.9 Å². The van der Waals surface area contributed by atoms with Crippen LogP contribution < -0.4 is 5.48 Å². The normalized spacial score (nSPS) is 10.3. The molecule has 8 heteroatoms. The predicted octanol–water partition coefficient (Wildman–Crippen LogP) is 2.83. The molecule has 0 aliphatic carbocycles. The van der Waals surface area contributed by atoms with Crippen molar-refractivity contribution < 1.29 is 14.4 Å². The highest BCUT2D eigenvalue weighted by Crippen LogP contribution is 2.29. The topological polar surface area (TPSA) is 99.0 Å². The van der Waals surface area contributed by atoms with E-state index in [0.29, 0.717) is 11.3 Å². The number of hydrogen-bond acceptors (Lipinski definition) is 6. The van der Waals surface area contributed by atoms with E-state index in [1.165, 1.54) is 11.0 Å². The summed E-state index contributed by atoms with van der Waals surface area (Å²) in [4.78, 5) is 29.9. The van der Waals surface area contributed by atoms with Crippen LogP contribution in [0.2, 0.25) is 0 Å². The summed E-state index contributed by atoms with van der Waals surface area (Å²) in [6.45, 7) is 0. The van der Waals surface area contributed by atoms with E-state index in [0.717, 1.165) is 11.1 Å². The van der Waals surface area contributed by atoms with Crippen LogP contribution in [0.4, 0.5) is 0 Å². The smallest absolute Gasteiger partial charge is 0.335 e. The zero-order valence-corrected chi connectivity index (χ0v) is 15.1. The standard InChI is InChI=1S/C21H15N5O3/c27-20(23-29-21(28)16-10-5-2-6-11-16)18-13-7-12-17(15-8-3-1-4-9-15)19(18)26-14-22-24-25-26/h1-14H,(H,23,27). The number of hydrogen-bond donors (Lipinski definition) is 1. The molecular formula is C21H15N5O3. The Balaban J connectivity index is 1.66. The van der Waals surface area contributed by atoms with Crippen molar-refractivity contribution in [2.75, 3.05) is 0 Å². The van der Waals surface area contributed by atoms with Crippen LogP contribution in [0.25, 0.3) is 16.8 Å². The number of aromatic nitrogens is 4. The molecule has 0 aliphatic heterocycles. The second-order valence-electron chi connectivity index (χ2n) is 6.01. The molecule has 0 radical (unpaired) electrons. The van der Waals surface area contributed by atoms with Gasteiger partial charge in [0, 0.05) is 5.56 Å². The lowest BCUT2D eigenvalue weighted by Gasteiger charge is -2.14. The van der Waals surface area contributed by atoms with E-state index in [2.05, 4.69) is 21.0 Å². The molecule has 1 amide bonds. The molecule has 1 N–H and O–H groups in total. The minimum Gasteiger partial charge on any atom is -0.335 e. The maximum atomic E-state index is 12.8. The monoisotopic (exact) mass is 385 g/mol. The van der Waals surface area contributed by atoms with Gasteiger partial charge < -0.3 is 4.84 Å². The van der Waals surface area contributed by atoms with E-state index in [4.69, 9.17) is 4.84 Å². The lowest BCUT2D eigenvalue weighted by atomic mass is 9.99. The Morgan fingerprint density at radius 1 is 0.862 bits per heavy atom. The third kappa shape index (κ3) is 3.86. The van der Waals surface area contributed by atoms with Gasteiger partial charge in [-0.25, -0.2) is 4.79 Å².